The topological polar surface area (TPSA) is 45.1 Å². The molecule has 1 aromatic heterocycles. The molecule has 0 radical (unpaired) electrons. The molecular weight excluding hydrogens is 316 g/mol. The zero-order chi connectivity index (χ0) is 14.5. The molecule has 2 rings (SSSR count). The summed E-state index contributed by atoms with van der Waals surface area (Å²) < 4.78 is 0.950. The van der Waals surface area contributed by atoms with Crippen LogP contribution in [0.4, 0.5) is 0 Å². The molecule has 0 fully saturated rings. The summed E-state index contributed by atoms with van der Waals surface area (Å²) in [4.78, 5) is 4.23. The Labute approximate surface area is 128 Å². The molecule has 0 amide bonds. The van der Waals surface area contributed by atoms with Crippen molar-refractivity contribution in [2.45, 2.75) is 25.9 Å². The molecule has 0 bridgehead atoms. The van der Waals surface area contributed by atoms with E-state index in [0.29, 0.717) is 0 Å². The maximum atomic E-state index is 9.29. The number of aliphatic hydroxyl groups is 1. The molecule has 2 aromatic rings. The fraction of sp³-hybridized carbons (Fsp3) is 0.312. The molecule has 2 unspecified atom stereocenters. The number of hydrogen-bond acceptors (Lipinski definition) is 3. The zero-order valence-electron chi connectivity index (χ0n) is 11.7. The molecule has 0 saturated heterocycles. The highest BCUT2D eigenvalue weighted by molar-refractivity contribution is 9.10. The van der Waals surface area contributed by atoms with E-state index < -0.39 is 0 Å². The van der Waals surface area contributed by atoms with Crippen LogP contribution in [-0.4, -0.2) is 22.7 Å². The Morgan fingerprint density at radius 2 is 1.90 bits per heavy atom. The van der Waals surface area contributed by atoms with E-state index in [9.17, 15) is 5.11 Å². The van der Waals surface area contributed by atoms with Crippen molar-refractivity contribution in [3.63, 3.8) is 0 Å². The first-order chi connectivity index (χ1) is 9.60. The number of benzene rings is 1. The van der Waals surface area contributed by atoms with Gasteiger partial charge in [0.1, 0.15) is 0 Å². The van der Waals surface area contributed by atoms with Crippen molar-refractivity contribution in [2.24, 2.45) is 0 Å². The number of nitrogens with one attached hydrogen (secondary N) is 1. The molecule has 106 valence electrons. The van der Waals surface area contributed by atoms with Gasteiger partial charge in [0.15, 0.2) is 0 Å². The van der Waals surface area contributed by atoms with Crippen LogP contribution in [-0.2, 0) is 0 Å². The smallest absolute Gasteiger partial charge is 0.0595 e. The van der Waals surface area contributed by atoms with Crippen LogP contribution in [0.3, 0.4) is 0 Å². The zero-order valence-corrected chi connectivity index (χ0v) is 13.3. The number of aryl methyl sites for hydroxylation is 1. The molecule has 0 saturated carbocycles. The summed E-state index contributed by atoms with van der Waals surface area (Å²) in [5.41, 5.74) is 3.47. The first-order valence-electron chi connectivity index (χ1n) is 6.64. The lowest BCUT2D eigenvalue weighted by Gasteiger charge is -2.23. The van der Waals surface area contributed by atoms with E-state index in [1.165, 1.54) is 5.56 Å². The third kappa shape index (κ3) is 3.88. The van der Waals surface area contributed by atoms with Gasteiger partial charge in [-0.3, -0.25) is 4.98 Å². The van der Waals surface area contributed by atoms with Crippen molar-refractivity contribution in [3.05, 3.63) is 63.9 Å². The quantitative estimate of drug-likeness (QED) is 0.882. The largest absolute Gasteiger partial charge is 0.395 e. The van der Waals surface area contributed by atoms with Gasteiger partial charge in [0.2, 0.25) is 0 Å². The molecule has 3 nitrogen and oxygen atoms in total. The van der Waals surface area contributed by atoms with Gasteiger partial charge in [0.25, 0.3) is 0 Å². The van der Waals surface area contributed by atoms with Crippen LogP contribution < -0.4 is 5.32 Å². The van der Waals surface area contributed by atoms with Crippen LogP contribution in [0.1, 0.15) is 29.7 Å². The highest BCUT2D eigenvalue weighted by atomic mass is 79.9. The minimum atomic E-state index is 0.0142. The first-order valence-corrected chi connectivity index (χ1v) is 7.43. The lowest BCUT2D eigenvalue weighted by Crippen LogP contribution is -2.33. The van der Waals surface area contributed by atoms with Gasteiger partial charge in [0, 0.05) is 22.9 Å². The number of nitrogens with zero attached hydrogens (tertiary/aromatic N) is 1. The SMILES string of the molecule is Cc1ccc(C(NC(C)CO)c2cncc(Br)c2)cc1. The van der Waals surface area contributed by atoms with Gasteiger partial charge < -0.3 is 10.4 Å². The molecule has 1 aromatic carbocycles. The Kier molecular flexibility index (Phi) is 5.29. The minimum Gasteiger partial charge on any atom is -0.395 e. The number of rotatable bonds is 5. The minimum absolute atomic E-state index is 0.0142. The highest BCUT2D eigenvalue weighted by Gasteiger charge is 2.16. The van der Waals surface area contributed by atoms with Gasteiger partial charge in [-0.25, -0.2) is 0 Å². The van der Waals surface area contributed by atoms with E-state index in [-0.39, 0.29) is 18.7 Å². The second-order valence-corrected chi connectivity index (χ2v) is 5.95. The van der Waals surface area contributed by atoms with Gasteiger partial charge in [-0.2, -0.15) is 0 Å². The first kappa shape index (κ1) is 15.2. The van der Waals surface area contributed by atoms with Crippen molar-refractivity contribution in [1.82, 2.24) is 10.3 Å². The van der Waals surface area contributed by atoms with E-state index in [1.807, 2.05) is 13.1 Å². The maximum Gasteiger partial charge on any atom is 0.0595 e. The van der Waals surface area contributed by atoms with E-state index in [0.717, 1.165) is 15.6 Å². The molecule has 0 aliphatic heterocycles. The highest BCUT2D eigenvalue weighted by Crippen LogP contribution is 2.24. The molecule has 0 aliphatic rings. The lowest BCUT2D eigenvalue weighted by molar-refractivity contribution is 0.245. The molecule has 2 N–H and O–H groups in total. The third-order valence-electron chi connectivity index (χ3n) is 3.20. The van der Waals surface area contributed by atoms with Crippen LogP contribution in [0.2, 0.25) is 0 Å². The number of aliphatic hydroxyl groups excluding tert-OH is 1. The predicted octanol–water partition coefficient (Wildman–Crippen LogP) is 3.21. The van der Waals surface area contributed by atoms with Gasteiger partial charge in [-0.1, -0.05) is 29.8 Å². The van der Waals surface area contributed by atoms with Crippen molar-refractivity contribution in [1.29, 1.82) is 0 Å². The van der Waals surface area contributed by atoms with E-state index in [2.05, 4.69) is 63.5 Å². The van der Waals surface area contributed by atoms with Gasteiger partial charge in [-0.15, -0.1) is 0 Å². The fourth-order valence-electron chi connectivity index (χ4n) is 2.07. The molecule has 4 heteroatoms. The van der Waals surface area contributed by atoms with Crippen molar-refractivity contribution in [2.75, 3.05) is 6.61 Å². The van der Waals surface area contributed by atoms with Crippen LogP contribution >= 0.6 is 15.9 Å². The predicted molar refractivity (Wildman–Crippen MR) is 84.6 cm³/mol. The number of aromatic nitrogens is 1. The molecule has 0 aliphatic carbocycles. The summed E-state index contributed by atoms with van der Waals surface area (Å²) in [7, 11) is 0. The van der Waals surface area contributed by atoms with Gasteiger partial charge in [0.05, 0.1) is 12.6 Å². The van der Waals surface area contributed by atoms with Crippen LogP contribution in [0.15, 0.2) is 47.2 Å². The molecule has 2 atom stereocenters. The Morgan fingerprint density at radius 3 is 2.50 bits per heavy atom. The van der Waals surface area contributed by atoms with Crippen molar-refractivity contribution >= 4 is 15.9 Å². The standard InChI is InChI=1S/C16H19BrN2O/c1-11-3-5-13(6-4-11)16(19-12(2)10-20)14-7-15(17)9-18-8-14/h3-9,12,16,19-20H,10H2,1-2H3. The maximum absolute atomic E-state index is 9.29. The molecular formula is C16H19BrN2O. The number of hydrogen-bond donors (Lipinski definition) is 2. The lowest BCUT2D eigenvalue weighted by atomic mass is 9.98. The summed E-state index contributed by atoms with van der Waals surface area (Å²) in [6, 6.07) is 10.5. The van der Waals surface area contributed by atoms with Gasteiger partial charge in [-0.05, 0) is 47.0 Å². The average Bonchev–Trinajstić information content (AvgIpc) is 2.45. The monoisotopic (exact) mass is 334 g/mol. The Balaban J connectivity index is 2.36. The second-order valence-electron chi connectivity index (χ2n) is 5.03. The molecule has 20 heavy (non-hydrogen) atoms. The number of halogens is 1. The van der Waals surface area contributed by atoms with Crippen LogP contribution in [0.5, 0.6) is 0 Å². The van der Waals surface area contributed by atoms with Crippen molar-refractivity contribution < 1.29 is 5.11 Å². The summed E-state index contributed by atoms with van der Waals surface area (Å²) in [6.07, 6.45) is 3.62. The van der Waals surface area contributed by atoms with E-state index in [1.54, 1.807) is 6.20 Å². The van der Waals surface area contributed by atoms with Crippen LogP contribution in [0, 0.1) is 6.92 Å². The third-order valence-corrected chi connectivity index (χ3v) is 3.63. The number of pyridine rings is 1. The van der Waals surface area contributed by atoms with Crippen LogP contribution in [0.25, 0.3) is 0 Å². The Morgan fingerprint density at radius 1 is 1.20 bits per heavy atom. The van der Waals surface area contributed by atoms with Gasteiger partial charge >= 0.3 is 0 Å². The summed E-state index contributed by atoms with van der Waals surface area (Å²) in [5.74, 6) is 0. The fourth-order valence-corrected chi connectivity index (χ4v) is 2.45. The molecule has 1 heterocycles. The van der Waals surface area contributed by atoms with Crippen molar-refractivity contribution in [3.8, 4) is 0 Å². The summed E-state index contributed by atoms with van der Waals surface area (Å²) >= 11 is 3.46. The second kappa shape index (κ2) is 6.97. The Hall–Kier alpha value is -1.23. The van der Waals surface area contributed by atoms with E-state index >= 15 is 0 Å². The normalized spacial score (nSPS) is 14.0. The summed E-state index contributed by atoms with van der Waals surface area (Å²) in [5, 5.41) is 12.7. The Bertz CT molecular complexity index is 557. The summed E-state index contributed by atoms with van der Waals surface area (Å²) in [6.45, 7) is 4.14. The molecule has 0 spiro atoms. The van der Waals surface area contributed by atoms with E-state index in [4.69, 9.17) is 0 Å². The average molecular weight is 335 g/mol.